The maximum atomic E-state index is 7.57. The van der Waals surface area contributed by atoms with Crippen molar-refractivity contribution in [3.8, 4) is 0 Å². The van der Waals surface area contributed by atoms with Crippen LogP contribution < -0.4 is 4.90 Å². The molecule has 0 fully saturated rings. The molecule has 0 aliphatic heterocycles. The standard InChI is InChI=1S/C12H19N.C2H6O.C2H6/c1-4-13(5-2)10-12-9-7-6-8-11(12)3;1-2-3;1-2/h6-9H,4-5,10H2,1-3H3;3H,2H2,1H3;1-2H3/p+1. The molecule has 0 atom stereocenters. The van der Waals surface area contributed by atoms with Gasteiger partial charge in [0.05, 0.1) is 13.1 Å². The van der Waals surface area contributed by atoms with Crippen LogP contribution >= 0.6 is 0 Å². The molecular weight excluding hydrogens is 222 g/mol. The lowest BCUT2D eigenvalue weighted by Crippen LogP contribution is -3.10. The van der Waals surface area contributed by atoms with E-state index < -0.39 is 0 Å². The first kappa shape index (κ1) is 19.5. The third-order valence-electron chi connectivity index (χ3n) is 2.70. The van der Waals surface area contributed by atoms with Gasteiger partial charge in [-0.2, -0.15) is 0 Å². The molecule has 18 heavy (non-hydrogen) atoms. The average molecular weight is 254 g/mol. The van der Waals surface area contributed by atoms with Gasteiger partial charge in [-0.25, -0.2) is 0 Å². The van der Waals surface area contributed by atoms with Gasteiger partial charge >= 0.3 is 0 Å². The predicted molar refractivity (Wildman–Crippen MR) is 81.0 cm³/mol. The molecule has 0 aliphatic rings. The number of aryl methyl sites for hydroxylation is 1. The smallest absolute Gasteiger partial charge is 0.103 e. The van der Waals surface area contributed by atoms with Crippen molar-refractivity contribution in [2.75, 3.05) is 19.7 Å². The van der Waals surface area contributed by atoms with Gasteiger partial charge in [0.1, 0.15) is 6.54 Å². The third-order valence-corrected chi connectivity index (χ3v) is 2.70. The summed E-state index contributed by atoms with van der Waals surface area (Å²) in [6.07, 6.45) is 0. The number of aliphatic hydroxyl groups excluding tert-OH is 1. The summed E-state index contributed by atoms with van der Waals surface area (Å²) in [4.78, 5) is 1.65. The summed E-state index contributed by atoms with van der Waals surface area (Å²) in [6, 6.07) is 8.67. The zero-order chi connectivity index (χ0) is 14.4. The molecule has 0 spiro atoms. The number of hydrogen-bond acceptors (Lipinski definition) is 1. The number of benzene rings is 1. The van der Waals surface area contributed by atoms with Crippen LogP contribution in [0, 0.1) is 6.92 Å². The van der Waals surface area contributed by atoms with E-state index in [1.807, 2.05) is 13.8 Å². The molecular formula is C16H32NO+. The molecule has 0 aliphatic carbocycles. The van der Waals surface area contributed by atoms with Crippen LogP contribution in [-0.4, -0.2) is 24.8 Å². The van der Waals surface area contributed by atoms with Crippen LogP contribution in [0.15, 0.2) is 24.3 Å². The van der Waals surface area contributed by atoms with Crippen LogP contribution in [-0.2, 0) is 6.54 Å². The second-order valence-corrected chi connectivity index (χ2v) is 3.88. The Kier molecular flexibility index (Phi) is 15.4. The van der Waals surface area contributed by atoms with Crippen LogP contribution in [0.5, 0.6) is 0 Å². The van der Waals surface area contributed by atoms with Crippen LogP contribution in [0.3, 0.4) is 0 Å². The van der Waals surface area contributed by atoms with Crippen LogP contribution in [0.1, 0.15) is 45.7 Å². The van der Waals surface area contributed by atoms with E-state index in [4.69, 9.17) is 5.11 Å². The number of hydrogen-bond donors (Lipinski definition) is 2. The first-order valence-corrected chi connectivity index (χ1v) is 7.18. The normalized spacial score (nSPS) is 9.11. The van der Waals surface area contributed by atoms with Gasteiger partial charge in [0.25, 0.3) is 0 Å². The lowest BCUT2D eigenvalue weighted by Gasteiger charge is -2.16. The van der Waals surface area contributed by atoms with Crippen LogP contribution in [0.2, 0.25) is 0 Å². The molecule has 0 unspecified atom stereocenters. The highest BCUT2D eigenvalue weighted by atomic mass is 16.2. The molecule has 0 amide bonds. The Morgan fingerprint density at radius 1 is 1.00 bits per heavy atom. The van der Waals surface area contributed by atoms with Gasteiger partial charge in [0.2, 0.25) is 0 Å². The summed E-state index contributed by atoms with van der Waals surface area (Å²) in [5, 5.41) is 7.57. The van der Waals surface area contributed by atoms with Crippen molar-refractivity contribution >= 4 is 0 Å². The molecule has 2 N–H and O–H groups in total. The topological polar surface area (TPSA) is 24.7 Å². The van der Waals surface area contributed by atoms with E-state index in [1.165, 1.54) is 30.8 Å². The number of rotatable bonds is 4. The predicted octanol–water partition coefficient (Wildman–Crippen LogP) is 2.44. The van der Waals surface area contributed by atoms with Crippen LogP contribution in [0.25, 0.3) is 0 Å². The summed E-state index contributed by atoms with van der Waals surface area (Å²) in [5.74, 6) is 0. The molecule has 1 rings (SSSR count). The SMILES string of the molecule is CC.CCO.CC[NH+](CC)Cc1ccccc1C. The Morgan fingerprint density at radius 3 is 1.83 bits per heavy atom. The molecule has 106 valence electrons. The Bertz CT molecular complexity index is 270. The summed E-state index contributed by atoms with van der Waals surface area (Å²) in [5.41, 5.74) is 2.91. The molecule has 0 bridgehead atoms. The minimum Gasteiger partial charge on any atom is -0.397 e. The fourth-order valence-corrected chi connectivity index (χ4v) is 1.58. The monoisotopic (exact) mass is 254 g/mol. The van der Waals surface area contributed by atoms with Crippen molar-refractivity contribution in [3.63, 3.8) is 0 Å². The first-order chi connectivity index (χ1) is 8.69. The minimum absolute atomic E-state index is 0.250. The van der Waals surface area contributed by atoms with E-state index in [-0.39, 0.29) is 6.61 Å². The second-order valence-electron chi connectivity index (χ2n) is 3.88. The molecule has 0 aromatic heterocycles. The van der Waals surface area contributed by atoms with Crippen molar-refractivity contribution in [1.82, 2.24) is 0 Å². The Labute approximate surface area is 114 Å². The largest absolute Gasteiger partial charge is 0.397 e. The molecule has 0 saturated heterocycles. The van der Waals surface area contributed by atoms with Crippen molar-refractivity contribution in [1.29, 1.82) is 0 Å². The van der Waals surface area contributed by atoms with Gasteiger partial charge in [-0.05, 0) is 33.3 Å². The zero-order valence-electron chi connectivity index (χ0n) is 13.1. The van der Waals surface area contributed by atoms with Gasteiger partial charge in [0.15, 0.2) is 0 Å². The minimum atomic E-state index is 0.250. The van der Waals surface area contributed by atoms with E-state index in [1.54, 1.807) is 11.8 Å². The highest BCUT2D eigenvalue weighted by Gasteiger charge is 2.05. The summed E-state index contributed by atoms with van der Waals surface area (Å²) in [6.45, 7) is 16.2. The number of quaternary nitrogens is 1. The van der Waals surface area contributed by atoms with Crippen molar-refractivity contribution in [2.45, 2.75) is 48.1 Å². The highest BCUT2D eigenvalue weighted by Crippen LogP contribution is 2.04. The third kappa shape index (κ3) is 9.20. The van der Waals surface area contributed by atoms with Gasteiger partial charge < -0.3 is 10.0 Å². The van der Waals surface area contributed by atoms with Crippen molar-refractivity contribution < 1.29 is 10.0 Å². The molecule has 0 saturated carbocycles. The quantitative estimate of drug-likeness (QED) is 0.847. The van der Waals surface area contributed by atoms with Gasteiger partial charge in [0, 0.05) is 12.2 Å². The molecule has 0 radical (unpaired) electrons. The average Bonchev–Trinajstić information content (AvgIpc) is 2.41. The van der Waals surface area contributed by atoms with E-state index in [9.17, 15) is 0 Å². The summed E-state index contributed by atoms with van der Waals surface area (Å²) >= 11 is 0. The van der Waals surface area contributed by atoms with E-state index in [0.717, 1.165) is 0 Å². The highest BCUT2D eigenvalue weighted by molar-refractivity contribution is 5.24. The summed E-state index contributed by atoms with van der Waals surface area (Å²) in [7, 11) is 0. The lowest BCUT2D eigenvalue weighted by atomic mass is 10.1. The second kappa shape index (κ2) is 14.2. The van der Waals surface area contributed by atoms with Gasteiger partial charge in [-0.3, -0.25) is 0 Å². The fraction of sp³-hybridized carbons (Fsp3) is 0.625. The first-order valence-electron chi connectivity index (χ1n) is 7.18. The van der Waals surface area contributed by atoms with Crippen molar-refractivity contribution in [3.05, 3.63) is 35.4 Å². The zero-order valence-corrected chi connectivity index (χ0v) is 13.1. The number of aliphatic hydroxyl groups is 1. The molecule has 0 heterocycles. The molecule has 1 aromatic rings. The maximum absolute atomic E-state index is 7.57. The molecule has 2 heteroatoms. The fourth-order valence-electron chi connectivity index (χ4n) is 1.58. The molecule has 1 aromatic carbocycles. The van der Waals surface area contributed by atoms with Gasteiger partial charge in [-0.15, -0.1) is 0 Å². The Hall–Kier alpha value is -0.860. The Morgan fingerprint density at radius 2 is 1.44 bits per heavy atom. The van der Waals surface area contributed by atoms with Crippen molar-refractivity contribution in [2.24, 2.45) is 0 Å². The maximum Gasteiger partial charge on any atom is 0.103 e. The lowest BCUT2D eigenvalue weighted by molar-refractivity contribution is -0.910. The summed E-state index contributed by atoms with van der Waals surface area (Å²) < 4.78 is 0. The van der Waals surface area contributed by atoms with Crippen LogP contribution in [0.4, 0.5) is 0 Å². The number of nitrogens with one attached hydrogen (secondary N) is 1. The van der Waals surface area contributed by atoms with E-state index >= 15 is 0 Å². The van der Waals surface area contributed by atoms with E-state index in [0.29, 0.717) is 0 Å². The van der Waals surface area contributed by atoms with Gasteiger partial charge in [-0.1, -0.05) is 38.1 Å². The molecule has 2 nitrogen and oxygen atoms in total. The van der Waals surface area contributed by atoms with E-state index in [2.05, 4.69) is 45.0 Å². The Balaban J connectivity index is 0.